The SMILES string of the molecule is O=C(CCc1ccc2n1[B-](F)(F)[N+]1=C(/C=C/C=C/c3ccccc3)C=CC1=C2)CCN1C(=O)C=CC1=O. The van der Waals surface area contributed by atoms with Crippen LogP contribution >= 0.6 is 0 Å². The summed E-state index contributed by atoms with van der Waals surface area (Å²) < 4.78 is 33.8. The Kier molecular flexibility index (Phi) is 6.52. The topological polar surface area (TPSA) is 62.4 Å². The van der Waals surface area contributed by atoms with Gasteiger partial charge in [-0.2, -0.15) is 0 Å². The number of aryl methyl sites for hydroxylation is 1. The molecule has 4 heterocycles. The second-order valence-corrected chi connectivity index (χ2v) is 8.98. The smallest absolute Gasteiger partial charge is 0.394 e. The molecule has 9 heteroatoms. The van der Waals surface area contributed by atoms with Gasteiger partial charge in [-0.05, 0) is 29.8 Å². The summed E-state index contributed by atoms with van der Waals surface area (Å²) >= 11 is 0. The summed E-state index contributed by atoms with van der Waals surface area (Å²) in [5, 5.41) is 0. The molecular weight excluding hydrogens is 475 g/mol. The predicted octanol–water partition coefficient (Wildman–Crippen LogP) is 4.18. The second kappa shape index (κ2) is 9.93. The summed E-state index contributed by atoms with van der Waals surface area (Å²) in [7, 11) is 0. The number of rotatable bonds is 9. The fourth-order valence-electron chi connectivity index (χ4n) is 4.73. The van der Waals surface area contributed by atoms with Crippen LogP contribution in [0.4, 0.5) is 8.63 Å². The van der Waals surface area contributed by atoms with Gasteiger partial charge < -0.3 is 17.6 Å². The van der Waals surface area contributed by atoms with Gasteiger partial charge >= 0.3 is 6.97 Å². The van der Waals surface area contributed by atoms with E-state index in [0.29, 0.717) is 22.8 Å². The van der Waals surface area contributed by atoms with Crippen molar-refractivity contribution in [1.29, 1.82) is 0 Å². The highest BCUT2D eigenvalue weighted by molar-refractivity contribution is 6.58. The van der Waals surface area contributed by atoms with Gasteiger partial charge in [-0.3, -0.25) is 19.3 Å². The van der Waals surface area contributed by atoms with Crippen LogP contribution in [0.5, 0.6) is 0 Å². The van der Waals surface area contributed by atoms with Crippen LogP contribution in [0.3, 0.4) is 0 Å². The van der Waals surface area contributed by atoms with E-state index in [4.69, 9.17) is 0 Å². The standard InChI is InChI=1S/C28H24BF2N3O3/c30-29(31)33-22(9-5-4-8-21-6-2-1-3-7-21)10-12-24(33)20-25-13-11-23(34(25)29)14-15-26(35)18-19-32-27(36)16-17-28(32)37/h1-13,16-17,20H,14-15,18-19H2/b8-4+,9-5+. The van der Waals surface area contributed by atoms with Crippen molar-refractivity contribution in [1.82, 2.24) is 9.38 Å². The zero-order chi connectivity index (χ0) is 26.0. The first-order valence-electron chi connectivity index (χ1n) is 12.1. The van der Waals surface area contributed by atoms with Crippen LogP contribution < -0.4 is 0 Å². The van der Waals surface area contributed by atoms with Crippen LogP contribution in [0.25, 0.3) is 12.2 Å². The van der Waals surface area contributed by atoms with Crippen molar-refractivity contribution in [2.45, 2.75) is 19.3 Å². The second-order valence-electron chi connectivity index (χ2n) is 8.98. The molecule has 5 rings (SSSR count). The molecule has 0 spiro atoms. The molecule has 0 unspecified atom stereocenters. The highest BCUT2D eigenvalue weighted by Crippen LogP contribution is 2.33. The number of allylic oxidation sites excluding steroid dienone is 5. The quantitative estimate of drug-likeness (QED) is 0.296. The molecule has 0 atom stereocenters. The first-order chi connectivity index (χ1) is 17.8. The largest absolute Gasteiger partial charge is 0.737 e. The first-order valence-corrected chi connectivity index (χ1v) is 12.1. The van der Waals surface area contributed by atoms with E-state index in [0.717, 1.165) is 19.4 Å². The van der Waals surface area contributed by atoms with Crippen LogP contribution in [-0.2, 0) is 20.8 Å². The third-order valence-electron chi connectivity index (χ3n) is 6.57. The van der Waals surface area contributed by atoms with Crippen molar-refractivity contribution in [3.05, 3.63) is 108 Å². The molecule has 0 saturated carbocycles. The maximum atomic E-state index is 15.9. The van der Waals surface area contributed by atoms with Crippen molar-refractivity contribution in [2.75, 3.05) is 6.54 Å². The number of hydrogen-bond donors (Lipinski definition) is 0. The summed E-state index contributed by atoms with van der Waals surface area (Å²) in [5.41, 5.74) is 2.55. The van der Waals surface area contributed by atoms with E-state index in [2.05, 4.69) is 0 Å². The Balaban J connectivity index is 1.29. The molecule has 1 aromatic carbocycles. The first kappa shape index (κ1) is 24.3. The number of aromatic nitrogens is 1. The van der Waals surface area contributed by atoms with Gasteiger partial charge in [-0.15, -0.1) is 0 Å². The van der Waals surface area contributed by atoms with Gasteiger partial charge in [0, 0.05) is 61.5 Å². The maximum absolute atomic E-state index is 15.9. The highest BCUT2D eigenvalue weighted by atomic mass is 19.2. The van der Waals surface area contributed by atoms with Crippen molar-refractivity contribution in [2.24, 2.45) is 0 Å². The lowest BCUT2D eigenvalue weighted by Crippen LogP contribution is -2.50. The zero-order valence-electron chi connectivity index (χ0n) is 20.0. The molecule has 37 heavy (non-hydrogen) atoms. The van der Waals surface area contributed by atoms with E-state index >= 15 is 8.63 Å². The lowest BCUT2D eigenvalue weighted by molar-refractivity contribution is -0.360. The molecule has 2 amide bonds. The lowest BCUT2D eigenvalue weighted by Gasteiger charge is -2.30. The van der Waals surface area contributed by atoms with Gasteiger partial charge in [0.15, 0.2) is 11.4 Å². The Labute approximate surface area is 212 Å². The summed E-state index contributed by atoms with van der Waals surface area (Å²) in [6, 6.07) is 13.0. The number of imide groups is 1. The molecule has 3 aliphatic heterocycles. The average Bonchev–Trinajstić information content (AvgIpc) is 3.58. The number of nitrogens with zero attached hydrogens (tertiary/aromatic N) is 3. The van der Waals surface area contributed by atoms with Crippen LogP contribution in [0.15, 0.2) is 90.7 Å². The number of halogens is 2. The number of fused-ring (bicyclic) bond motifs is 2. The van der Waals surface area contributed by atoms with Crippen LogP contribution in [0.2, 0.25) is 0 Å². The molecule has 0 radical (unpaired) electrons. The average molecular weight is 499 g/mol. The van der Waals surface area contributed by atoms with Crippen molar-refractivity contribution >= 4 is 42.4 Å². The number of hydrogen-bond acceptors (Lipinski definition) is 3. The fraction of sp³-hybridized carbons (Fsp3) is 0.143. The zero-order valence-corrected chi connectivity index (χ0v) is 20.0. The van der Waals surface area contributed by atoms with Crippen LogP contribution in [0, 0.1) is 0 Å². The van der Waals surface area contributed by atoms with Crippen LogP contribution in [0.1, 0.15) is 29.8 Å². The monoisotopic (exact) mass is 499 g/mol. The molecule has 186 valence electrons. The summed E-state index contributed by atoms with van der Waals surface area (Å²) in [4.78, 5) is 36.7. The van der Waals surface area contributed by atoms with E-state index in [1.807, 2.05) is 42.5 Å². The molecule has 0 bridgehead atoms. The number of benzene rings is 1. The highest BCUT2D eigenvalue weighted by Gasteiger charge is 2.52. The molecule has 0 aliphatic carbocycles. The minimum Gasteiger partial charge on any atom is -0.394 e. The number of Topliss-reactive ketones (excluding diaryl/α,β-unsaturated/α-hetero) is 1. The van der Waals surface area contributed by atoms with Crippen molar-refractivity contribution in [3.63, 3.8) is 0 Å². The van der Waals surface area contributed by atoms with E-state index in [-0.39, 0.29) is 31.6 Å². The Hall–Kier alpha value is -4.40. The van der Waals surface area contributed by atoms with E-state index in [9.17, 15) is 14.4 Å². The summed E-state index contributed by atoms with van der Waals surface area (Å²) in [6.45, 7) is -4.18. The molecule has 3 aliphatic rings. The lowest BCUT2D eigenvalue weighted by atomic mass is 9.90. The van der Waals surface area contributed by atoms with Crippen LogP contribution in [-0.4, -0.2) is 50.7 Å². The van der Waals surface area contributed by atoms with Gasteiger partial charge in [-0.1, -0.05) is 48.6 Å². The summed E-state index contributed by atoms with van der Waals surface area (Å²) in [6.07, 6.45) is 14.6. The third kappa shape index (κ3) is 4.85. The molecule has 0 N–H and O–H groups in total. The van der Waals surface area contributed by atoms with E-state index in [1.165, 1.54) is 12.2 Å². The van der Waals surface area contributed by atoms with E-state index < -0.39 is 18.8 Å². The Morgan fingerprint density at radius 3 is 2.38 bits per heavy atom. The van der Waals surface area contributed by atoms with Crippen molar-refractivity contribution in [3.8, 4) is 0 Å². The number of ketones is 1. The Morgan fingerprint density at radius 1 is 0.892 bits per heavy atom. The normalized spacial score (nSPS) is 17.9. The molecule has 6 nitrogen and oxygen atoms in total. The Bertz CT molecular complexity index is 1440. The fourth-order valence-corrected chi connectivity index (χ4v) is 4.73. The van der Waals surface area contributed by atoms with Gasteiger partial charge in [0.2, 0.25) is 0 Å². The maximum Gasteiger partial charge on any atom is 0.737 e. The minimum atomic E-state index is -4.17. The third-order valence-corrected chi connectivity index (χ3v) is 6.57. The number of amides is 2. The molecule has 0 fully saturated rings. The van der Waals surface area contributed by atoms with Gasteiger partial charge in [0.25, 0.3) is 11.8 Å². The van der Waals surface area contributed by atoms with Gasteiger partial charge in [0.1, 0.15) is 5.78 Å². The van der Waals surface area contributed by atoms with Crippen molar-refractivity contribution < 1.29 is 27.5 Å². The molecule has 1 aromatic heterocycles. The Morgan fingerprint density at radius 2 is 1.62 bits per heavy atom. The minimum absolute atomic E-state index is 0.00637. The molecular formula is C28H24BF2N3O3. The van der Waals surface area contributed by atoms with E-state index in [1.54, 1.807) is 42.5 Å². The van der Waals surface area contributed by atoms with Gasteiger partial charge in [0.05, 0.1) is 0 Å². The van der Waals surface area contributed by atoms with Gasteiger partial charge in [-0.25, -0.2) is 0 Å². The molecule has 0 saturated heterocycles. The summed E-state index contributed by atoms with van der Waals surface area (Å²) in [5.74, 6) is -1.09. The number of carbonyl (C=O) groups excluding carboxylic acids is 3. The predicted molar refractivity (Wildman–Crippen MR) is 139 cm³/mol. The number of carbonyl (C=O) groups is 3. The molecule has 2 aromatic rings.